The number of amides is 1. The van der Waals surface area contributed by atoms with Crippen molar-refractivity contribution in [2.24, 2.45) is 0 Å². The van der Waals surface area contributed by atoms with Gasteiger partial charge in [-0.05, 0) is 32.9 Å². The van der Waals surface area contributed by atoms with Crippen molar-refractivity contribution in [2.75, 3.05) is 13.1 Å². The number of hydrogen-bond acceptors (Lipinski definition) is 3. The van der Waals surface area contributed by atoms with Gasteiger partial charge in [-0.2, -0.15) is 0 Å². The van der Waals surface area contributed by atoms with Crippen LogP contribution in [0.25, 0.3) is 0 Å². The number of carbonyl (C=O) groups excluding carboxylic acids is 1. The van der Waals surface area contributed by atoms with Crippen molar-refractivity contribution in [1.29, 1.82) is 0 Å². The third kappa shape index (κ3) is 2.79. The molecule has 1 N–H and O–H groups in total. The van der Waals surface area contributed by atoms with Crippen LogP contribution in [0.4, 0.5) is 0 Å². The first-order valence-electron chi connectivity index (χ1n) is 5.17. The van der Waals surface area contributed by atoms with Crippen LogP contribution in [0.15, 0.2) is 12.1 Å². The zero-order valence-electron chi connectivity index (χ0n) is 9.36. The second-order valence-corrected chi connectivity index (χ2v) is 4.47. The number of aliphatic hydroxyl groups is 1. The van der Waals surface area contributed by atoms with E-state index in [0.717, 1.165) is 18.0 Å². The summed E-state index contributed by atoms with van der Waals surface area (Å²) in [5.41, 5.74) is 0. The molecule has 0 aliphatic carbocycles. The van der Waals surface area contributed by atoms with Crippen LogP contribution < -0.4 is 0 Å². The van der Waals surface area contributed by atoms with E-state index >= 15 is 0 Å². The van der Waals surface area contributed by atoms with Gasteiger partial charge < -0.3 is 10.0 Å². The molecule has 1 amide bonds. The maximum atomic E-state index is 11.9. The Kier molecular flexibility index (Phi) is 4.29. The molecule has 1 rings (SSSR count). The average Bonchev–Trinajstić information content (AvgIpc) is 2.68. The molecule has 1 aromatic rings. The molecule has 0 aliphatic rings. The summed E-state index contributed by atoms with van der Waals surface area (Å²) in [7, 11) is 0. The van der Waals surface area contributed by atoms with Gasteiger partial charge in [-0.1, -0.05) is 0 Å². The Hall–Kier alpha value is -0.870. The Bertz CT molecular complexity index is 329. The van der Waals surface area contributed by atoms with Gasteiger partial charge in [-0.25, -0.2) is 0 Å². The molecule has 1 aromatic heterocycles. The van der Waals surface area contributed by atoms with Crippen LogP contribution in [0.2, 0.25) is 0 Å². The standard InChI is InChI=1S/C11H17NO2S/c1-4-12(5-2)11(14)10-7-6-9(15-10)8(3)13/h6-8,13H,4-5H2,1-3H3. The Morgan fingerprint density at radius 1 is 1.47 bits per heavy atom. The molecular weight excluding hydrogens is 210 g/mol. The van der Waals surface area contributed by atoms with Crippen LogP contribution in [0.5, 0.6) is 0 Å². The molecule has 4 heteroatoms. The van der Waals surface area contributed by atoms with Gasteiger partial charge in [0.1, 0.15) is 0 Å². The van der Waals surface area contributed by atoms with Crippen LogP contribution in [-0.2, 0) is 0 Å². The second-order valence-electron chi connectivity index (χ2n) is 3.36. The van der Waals surface area contributed by atoms with E-state index in [4.69, 9.17) is 0 Å². The van der Waals surface area contributed by atoms with E-state index < -0.39 is 6.10 Å². The van der Waals surface area contributed by atoms with Gasteiger partial charge in [-0.15, -0.1) is 11.3 Å². The fourth-order valence-corrected chi connectivity index (χ4v) is 2.27. The Morgan fingerprint density at radius 3 is 2.47 bits per heavy atom. The third-order valence-corrected chi connectivity index (χ3v) is 3.54. The van der Waals surface area contributed by atoms with Crippen molar-refractivity contribution in [3.63, 3.8) is 0 Å². The first-order chi connectivity index (χ1) is 7.10. The molecule has 84 valence electrons. The molecule has 0 aliphatic heterocycles. The summed E-state index contributed by atoms with van der Waals surface area (Å²) in [4.78, 5) is 15.2. The summed E-state index contributed by atoms with van der Waals surface area (Å²) in [5, 5.41) is 9.36. The highest BCUT2D eigenvalue weighted by molar-refractivity contribution is 7.14. The van der Waals surface area contributed by atoms with Crippen molar-refractivity contribution in [3.8, 4) is 0 Å². The van der Waals surface area contributed by atoms with E-state index in [9.17, 15) is 9.90 Å². The van der Waals surface area contributed by atoms with E-state index in [1.807, 2.05) is 19.9 Å². The highest BCUT2D eigenvalue weighted by atomic mass is 32.1. The van der Waals surface area contributed by atoms with Gasteiger partial charge in [0.05, 0.1) is 11.0 Å². The topological polar surface area (TPSA) is 40.5 Å². The maximum Gasteiger partial charge on any atom is 0.263 e. The quantitative estimate of drug-likeness (QED) is 0.857. The summed E-state index contributed by atoms with van der Waals surface area (Å²) < 4.78 is 0. The molecule has 3 nitrogen and oxygen atoms in total. The minimum atomic E-state index is -0.492. The molecule has 0 aromatic carbocycles. The van der Waals surface area contributed by atoms with Gasteiger partial charge in [0.2, 0.25) is 0 Å². The van der Waals surface area contributed by atoms with Crippen molar-refractivity contribution in [3.05, 3.63) is 21.9 Å². The van der Waals surface area contributed by atoms with E-state index in [2.05, 4.69) is 0 Å². The highest BCUT2D eigenvalue weighted by Gasteiger charge is 2.15. The zero-order valence-corrected chi connectivity index (χ0v) is 10.2. The first-order valence-corrected chi connectivity index (χ1v) is 5.98. The van der Waals surface area contributed by atoms with Crippen molar-refractivity contribution in [1.82, 2.24) is 4.90 Å². The molecule has 0 spiro atoms. The molecule has 0 fully saturated rings. The molecule has 1 unspecified atom stereocenters. The summed E-state index contributed by atoms with van der Waals surface area (Å²) in [6, 6.07) is 3.60. The van der Waals surface area contributed by atoms with Crippen LogP contribution >= 0.6 is 11.3 Å². The molecule has 0 saturated carbocycles. The summed E-state index contributed by atoms with van der Waals surface area (Å²) in [5.74, 6) is 0.0527. The van der Waals surface area contributed by atoms with Gasteiger partial charge >= 0.3 is 0 Å². The SMILES string of the molecule is CCN(CC)C(=O)c1ccc(C(C)O)s1. The van der Waals surface area contributed by atoms with E-state index in [1.54, 1.807) is 17.9 Å². The number of carbonyl (C=O) groups is 1. The van der Waals surface area contributed by atoms with E-state index in [0.29, 0.717) is 4.88 Å². The van der Waals surface area contributed by atoms with Crippen molar-refractivity contribution >= 4 is 17.2 Å². The molecule has 1 atom stereocenters. The van der Waals surface area contributed by atoms with Crippen LogP contribution in [0.3, 0.4) is 0 Å². The van der Waals surface area contributed by atoms with E-state index in [1.165, 1.54) is 11.3 Å². The largest absolute Gasteiger partial charge is 0.388 e. The number of hydrogen-bond donors (Lipinski definition) is 1. The minimum Gasteiger partial charge on any atom is -0.388 e. The Balaban J connectivity index is 2.82. The average molecular weight is 227 g/mol. The minimum absolute atomic E-state index is 0.0527. The normalized spacial score (nSPS) is 12.5. The predicted molar refractivity (Wildman–Crippen MR) is 62.2 cm³/mol. The number of rotatable bonds is 4. The number of aliphatic hydroxyl groups excluding tert-OH is 1. The lowest BCUT2D eigenvalue weighted by molar-refractivity contribution is 0.0778. The lowest BCUT2D eigenvalue weighted by Gasteiger charge is -2.17. The Labute approximate surface area is 94.3 Å². The highest BCUT2D eigenvalue weighted by Crippen LogP contribution is 2.23. The smallest absolute Gasteiger partial charge is 0.263 e. The molecule has 0 bridgehead atoms. The molecule has 1 heterocycles. The monoisotopic (exact) mass is 227 g/mol. The first kappa shape index (κ1) is 12.2. The maximum absolute atomic E-state index is 11.9. The predicted octanol–water partition coefficient (Wildman–Crippen LogP) is 2.28. The van der Waals surface area contributed by atoms with Gasteiger partial charge in [-0.3, -0.25) is 4.79 Å². The van der Waals surface area contributed by atoms with E-state index in [-0.39, 0.29) is 5.91 Å². The second kappa shape index (κ2) is 5.28. The van der Waals surface area contributed by atoms with Crippen LogP contribution in [0.1, 0.15) is 41.4 Å². The lowest BCUT2D eigenvalue weighted by atomic mass is 10.3. The van der Waals surface area contributed by atoms with Gasteiger partial charge in [0, 0.05) is 18.0 Å². The van der Waals surface area contributed by atoms with Gasteiger partial charge in [0.15, 0.2) is 0 Å². The van der Waals surface area contributed by atoms with Crippen molar-refractivity contribution < 1.29 is 9.90 Å². The summed E-state index contributed by atoms with van der Waals surface area (Å²) in [6.45, 7) is 7.07. The fourth-order valence-electron chi connectivity index (χ4n) is 1.36. The van der Waals surface area contributed by atoms with Crippen molar-refractivity contribution in [2.45, 2.75) is 26.9 Å². The third-order valence-electron chi connectivity index (χ3n) is 2.30. The Morgan fingerprint density at radius 2 is 2.07 bits per heavy atom. The summed E-state index contributed by atoms with van der Waals surface area (Å²) >= 11 is 1.37. The van der Waals surface area contributed by atoms with Crippen LogP contribution in [0, 0.1) is 0 Å². The lowest BCUT2D eigenvalue weighted by Crippen LogP contribution is -2.29. The molecule has 0 saturated heterocycles. The summed E-state index contributed by atoms with van der Waals surface area (Å²) in [6.07, 6.45) is -0.492. The number of nitrogens with zero attached hydrogens (tertiary/aromatic N) is 1. The molecule has 15 heavy (non-hydrogen) atoms. The van der Waals surface area contributed by atoms with Crippen LogP contribution in [-0.4, -0.2) is 29.0 Å². The molecular formula is C11H17NO2S. The fraction of sp³-hybridized carbons (Fsp3) is 0.545. The zero-order chi connectivity index (χ0) is 11.4. The molecule has 0 radical (unpaired) electrons. The van der Waals surface area contributed by atoms with Gasteiger partial charge in [0.25, 0.3) is 5.91 Å². The number of thiophene rings is 1.